The number of hydrogen-bond acceptors (Lipinski definition) is 3. The van der Waals surface area contributed by atoms with Crippen LogP contribution in [0.3, 0.4) is 0 Å². The second-order valence-electron chi connectivity index (χ2n) is 7.54. The molecule has 0 fully saturated rings. The van der Waals surface area contributed by atoms with Crippen molar-refractivity contribution in [1.29, 1.82) is 0 Å². The van der Waals surface area contributed by atoms with Gasteiger partial charge in [-0.25, -0.2) is 13.2 Å². The van der Waals surface area contributed by atoms with Crippen molar-refractivity contribution in [3.8, 4) is 11.3 Å². The van der Waals surface area contributed by atoms with Crippen LogP contribution in [0.4, 0.5) is 19.0 Å². The third-order valence-electron chi connectivity index (χ3n) is 4.44. The lowest BCUT2D eigenvalue weighted by molar-refractivity contribution is 0.0777. The molecule has 1 heterocycles. The van der Waals surface area contributed by atoms with Gasteiger partial charge < -0.3 is 15.4 Å². The van der Waals surface area contributed by atoms with Gasteiger partial charge in [-0.1, -0.05) is 11.6 Å². The normalized spacial score (nSPS) is 11.7. The van der Waals surface area contributed by atoms with E-state index >= 15 is 0 Å². The Labute approximate surface area is 199 Å². The fourth-order valence-electron chi connectivity index (χ4n) is 2.87. The predicted molar refractivity (Wildman–Crippen MR) is 124 cm³/mol. The number of carbonyl (C=O) groups is 1. The van der Waals surface area contributed by atoms with Gasteiger partial charge in [0.15, 0.2) is 17.5 Å². The van der Waals surface area contributed by atoms with Gasteiger partial charge in [-0.15, -0.1) is 0 Å². The number of anilines is 1. The number of halogens is 4. The van der Waals surface area contributed by atoms with Crippen LogP contribution in [0.1, 0.15) is 30.6 Å². The van der Waals surface area contributed by atoms with Crippen molar-refractivity contribution in [3.05, 3.63) is 70.5 Å². The maximum Gasteiger partial charge on any atom is 0.280 e. The Kier molecular flexibility index (Phi) is 8.67. The van der Waals surface area contributed by atoms with E-state index in [-0.39, 0.29) is 28.5 Å². The van der Waals surface area contributed by atoms with Crippen LogP contribution >= 0.6 is 11.6 Å². The Morgan fingerprint density at radius 3 is 2.65 bits per heavy atom. The summed E-state index contributed by atoms with van der Waals surface area (Å²) in [7, 11) is 0. The molecule has 34 heavy (non-hydrogen) atoms. The fraction of sp³-hybridized carbons (Fsp3) is 0.261. The number of amides is 1. The first-order valence-electron chi connectivity index (χ1n) is 10.4. The predicted octanol–water partition coefficient (Wildman–Crippen LogP) is 5.16. The van der Waals surface area contributed by atoms with Crippen LogP contribution in [0.15, 0.2) is 47.5 Å². The zero-order valence-corrected chi connectivity index (χ0v) is 19.2. The molecule has 0 aliphatic rings. The first-order chi connectivity index (χ1) is 16.2. The topological polar surface area (TPSA) is 91.4 Å². The minimum Gasteiger partial charge on any atom is -0.379 e. The summed E-state index contributed by atoms with van der Waals surface area (Å²) in [5, 5.41) is 12.9. The third-order valence-corrected chi connectivity index (χ3v) is 4.66. The van der Waals surface area contributed by atoms with Gasteiger partial charge in [0.1, 0.15) is 5.82 Å². The number of aromatic amines is 1. The lowest BCUT2D eigenvalue weighted by Gasteiger charge is -2.11. The van der Waals surface area contributed by atoms with E-state index in [1.165, 1.54) is 12.1 Å². The summed E-state index contributed by atoms with van der Waals surface area (Å²) in [4.78, 5) is 16.5. The number of aromatic nitrogens is 2. The van der Waals surface area contributed by atoms with Crippen LogP contribution in [0.2, 0.25) is 5.02 Å². The molecule has 3 aromatic rings. The molecule has 0 atom stereocenters. The van der Waals surface area contributed by atoms with Gasteiger partial charge in [0, 0.05) is 35.4 Å². The molecule has 1 amide bonds. The SMILES string of the molecule is CC(C)OCCCN/C(=N/C(=O)c1ccc(F)c(F)c1)Nc1cc(-c2cc(F)cc(Cl)c2)[nH]n1. The molecule has 0 unspecified atom stereocenters. The van der Waals surface area contributed by atoms with Gasteiger partial charge in [-0.2, -0.15) is 10.1 Å². The van der Waals surface area contributed by atoms with E-state index in [9.17, 15) is 18.0 Å². The second kappa shape index (κ2) is 11.7. The molecule has 0 spiro atoms. The Morgan fingerprint density at radius 2 is 1.94 bits per heavy atom. The van der Waals surface area contributed by atoms with E-state index in [0.29, 0.717) is 30.8 Å². The minimum absolute atomic E-state index is 0.0367. The van der Waals surface area contributed by atoms with Crippen molar-refractivity contribution in [3.63, 3.8) is 0 Å². The molecule has 1 aromatic heterocycles. The van der Waals surface area contributed by atoms with Crippen molar-refractivity contribution in [2.45, 2.75) is 26.4 Å². The lowest BCUT2D eigenvalue weighted by atomic mass is 10.1. The number of nitrogens with zero attached hydrogens (tertiary/aromatic N) is 2. The molecule has 180 valence electrons. The van der Waals surface area contributed by atoms with Crippen molar-refractivity contribution in [2.75, 3.05) is 18.5 Å². The van der Waals surface area contributed by atoms with Crippen molar-refractivity contribution in [2.24, 2.45) is 4.99 Å². The highest BCUT2D eigenvalue weighted by Gasteiger charge is 2.13. The highest BCUT2D eigenvalue weighted by Crippen LogP contribution is 2.24. The summed E-state index contributed by atoms with van der Waals surface area (Å²) < 4.78 is 45.9. The van der Waals surface area contributed by atoms with E-state index < -0.39 is 23.4 Å². The maximum atomic E-state index is 13.7. The molecule has 0 aliphatic carbocycles. The zero-order chi connectivity index (χ0) is 24.7. The standard InChI is InChI=1S/C23H23ClF3N5O2/c1-13(2)34-7-3-6-28-23(30-22(33)14-4-5-18(26)19(27)10-14)29-21-12-20(31-32-21)15-8-16(24)11-17(25)9-15/h4-5,8-13H,3,6-7H2,1-2H3,(H3,28,29,30,31,32,33). The Morgan fingerprint density at radius 1 is 1.15 bits per heavy atom. The highest BCUT2D eigenvalue weighted by atomic mass is 35.5. The van der Waals surface area contributed by atoms with Gasteiger partial charge in [0.2, 0.25) is 5.96 Å². The molecule has 0 saturated heterocycles. The average Bonchev–Trinajstić information content (AvgIpc) is 3.23. The summed E-state index contributed by atoms with van der Waals surface area (Å²) in [6, 6.07) is 8.38. The molecule has 0 aliphatic heterocycles. The molecule has 2 aromatic carbocycles. The van der Waals surface area contributed by atoms with Gasteiger partial charge >= 0.3 is 0 Å². The smallest absolute Gasteiger partial charge is 0.280 e. The second-order valence-corrected chi connectivity index (χ2v) is 7.98. The van der Waals surface area contributed by atoms with Crippen LogP contribution in [0.25, 0.3) is 11.3 Å². The van der Waals surface area contributed by atoms with Gasteiger partial charge in [-0.3, -0.25) is 9.89 Å². The molecule has 3 N–H and O–H groups in total. The van der Waals surface area contributed by atoms with Crippen LogP contribution in [-0.4, -0.2) is 41.3 Å². The van der Waals surface area contributed by atoms with E-state index in [1.807, 2.05) is 13.8 Å². The van der Waals surface area contributed by atoms with Crippen molar-refractivity contribution in [1.82, 2.24) is 15.5 Å². The number of aliphatic imine (C=N–C) groups is 1. The fourth-order valence-corrected chi connectivity index (χ4v) is 3.09. The number of hydrogen-bond donors (Lipinski definition) is 3. The largest absolute Gasteiger partial charge is 0.379 e. The van der Waals surface area contributed by atoms with Gasteiger partial charge in [-0.05, 0) is 56.7 Å². The molecule has 3 rings (SSSR count). The van der Waals surface area contributed by atoms with Crippen molar-refractivity contribution < 1.29 is 22.7 Å². The summed E-state index contributed by atoms with van der Waals surface area (Å²) in [5.74, 6) is -3.20. The summed E-state index contributed by atoms with van der Waals surface area (Å²) in [6.07, 6.45) is 0.700. The van der Waals surface area contributed by atoms with E-state index in [4.69, 9.17) is 16.3 Å². The molecule has 0 bridgehead atoms. The first kappa shape index (κ1) is 25.3. The Hall–Kier alpha value is -3.37. The summed E-state index contributed by atoms with van der Waals surface area (Å²) in [6.45, 7) is 4.73. The average molecular weight is 494 g/mol. The molecule has 11 heteroatoms. The van der Waals surface area contributed by atoms with E-state index in [2.05, 4.69) is 25.8 Å². The highest BCUT2D eigenvalue weighted by molar-refractivity contribution is 6.30. The third kappa shape index (κ3) is 7.32. The van der Waals surface area contributed by atoms with E-state index in [0.717, 1.165) is 18.2 Å². The molecular weight excluding hydrogens is 471 g/mol. The number of benzene rings is 2. The number of rotatable bonds is 8. The zero-order valence-electron chi connectivity index (χ0n) is 18.5. The van der Waals surface area contributed by atoms with Crippen LogP contribution in [-0.2, 0) is 4.74 Å². The number of ether oxygens (including phenoxy) is 1. The maximum absolute atomic E-state index is 13.7. The number of guanidine groups is 1. The van der Waals surface area contributed by atoms with Gasteiger partial charge in [0.05, 0.1) is 11.8 Å². The quantitative estimate of drug-likeness (QED) is 0.229. The molecule has 7 nitrogen and oxygen atoms in total. The van der Waals surface area contributed by atoms with Crippen LogP contribution < -0.4 is 10.6 Å². The lowest BCUT2D eigenvalue weighted by Crippen LogP contribution is -2.33. The monoisotopic (exact) mass is 493 g/mol. The molecular formula is C23H23ClF3N5O2. The molecule has 0 radical (unpaired) electrons. The minimum atomic E-state index is -1.15. The van der Waals surface area contributed by atoms with Crippen molar-refractivity contribution >= 4 is 29.3 Å². The van der Waals surface area contributed by atoms with Gasteiger partial charge in [0.25, 0.3) is 5.91 Å². The summed E-state index contributed by atoms with van der Waals surface area (Å²) in [5.41, 5.74) is 0.821. The first-order valence-corrected chi connectivity index (χ1v) is 10.8. The van der Waals surface area contributed by atoms with E-state index in [1.54, 1.807) is 12.1 Å². The Bertz CT molecular complexity index is 1160. The summed E-state index contributed by atoms with van der Waals surface area (Å²) >= 11 is 5.91. The van der Waals surface area contributed by atoms with Crippen LogP contribution in [0, 0.1) is 17.5 Å². The molecule has 0 saturated carbocycles. The Balaban J connectivity index is 1.77. The number of H-pyrrole nitrogens is 1. The van der Waals surface area contributed by atoms with Crippen LogP contribution in [0.5, 0.6) is 0 Å². The number of carbonyl (C=O) groups excluding carboxylic acids is 1. The number of nitrogens with one attached hydrogen (secondary N) is 3.